The zero-order chi connectivity index (χ0) is 18.4. The first-order chi connectivity index (χ1) is 11.9. The Balaban J connectivity index is 2.06. The van der Waals surface area contributed by atoms with E-state index in [1.807, 2.05) is 25.1 Å². The Kier molecular flexibility index (Phi) is 6.53. The molecule has 0 unspecified atom stereocenters. The lowest BCUT2D eigenvalue weighted by Gasteiger charge is -2.14. The summed E-state index contributed by atoms with van der Waals surface area (Å²) in [5, 5.41) is 6.78. The zero-order valence-corrected chi connectivity index (χ0v) is 15.9. The van der Waals surface area contributed by atoms with Crippen LogP contribution in [0.5, 0.6) is 0 Å². The standard InChI is InChI=1S/C20H24N2O2S/c1-5-13(2)15-8-10-17(11-9-15)21-20(25)22-18-12-16(19(23)24-4)7-6-14(18)3/h6-13H,5H2,1-4H3,(H2,21,22,25)/t13-/m0/s1. The first-order valence-electron chi connectivity index (χ1n) is 8.31. The highest BCUT2D eigenvalue weighted by atomic mass is 32.1. The molecule has 0 saturated carbocycles. The number of esters is 1. The van der Waals surface area contributed by atoms with Gasteiger partial charge in [0.15, 0.2) is 5.11 Å². The van der Waals surface area contributed by atoms with Gasteiger partial charge in [-0.3, -0.25) is 0 Å². The van der Waals surface area contributed by atoms with E-state index >= 15 is 0 Å². The number of hydrogen-bond donors (Lipinski definition) is 2. The first-order valence-corrected chi connectivity index (χ1v) is 8.72. The van der Waals surface area contributed by atoms with E-state index in [-0.39, 0.29) is 5.97 Å². The molecule has 2 aromatic rings. The summed E-state index contributed by atoms with van der Waals surface area (Å²) in [7, 11) is 1.37. The van der Waals surface area contributed by atoms with Gasteiger partial charge in [0.1, 0.15) is 0 Å². The van der Waals surface area contributed by atoms with E-state index < -0.39 is 0 Å². The fraction of sp³-hybridized carbons (Fsp3) is 0.300. The SMILES string of the molecule is CC[C@H](C)c1ccc(NC(=S)Nc2cc(C(=O)OC)ccc2C)cc1. The Morgan fingerprint density at radius 3 is 2.44 bits per heavy atom. The Bertz CT molecular complexity index is 757. The molecule has 0 aliphatic carbocycles. The molecule has 4 nitrogen and oxygen atoms in total. The number of hydrogen-bond acceptors (Lipinski definition) is 3. The van der Waals surface area contributed by atoms with Crippen molar-refractivity contribution in [1.29, 1.82) is 0 Å². The Morgan fingerprint density at radius 2 is 1.84 bits per heavy atom. The van der Waals surface area contributed by atoms with E-state index in [1.165, 1.54) is 12.7 Å². The molecule has 0 aliphatic rings. The van der Waals surface area contributed by atoms with Crippen LogP contribution in [0.15, 0.2) is 42.5 Å². The number of methoxy groups -OCH3 is 1. The van der Waals surface area contributed by atoms with E-state index in [2.05, 4.69) is 36.6 Å². The van der Waals surface area contributed by atoms with Gasteiger partial charge in [-0.2, -0.15) is 0 Å². The van der Waals surface area contributed by atoms with E-state index in [0.717, 1.165) is 23.4 Å². The molecule has 0 fully saturated rings. The van der Waals surface area contributed by atoms with Gasteiger partial charge in [-0.1, -0.05) is 32.0 Å². The van der Waals surface area contributed by atoms with E-state index in [4.69, 9.17) is 17.0 Å². The Morgan fingerprint density at radius 1 is 1.16 bits per heavy atom. The number of rotatable bonds is 5. The summed E-state index contributed by atoms with van der Waals surface area (Å²) in [5.74, 6) is 0.172. The van der Waals surface area contributed by atoms with E-state index in [1.54, 1.807) is 12.1 Å². The second-order valence-electron chi connectivity index (χ2n) is 6.03. The maximum Gasteiger partial charge on any atom is 0.337 e. The molecule has 0 aromatic heterocycles. The summed E-state index contributed by atoms with van der Waals surface area (Å²) in [6, 6.07) is 13.6. The van der Waals surface area contributed by atoms with Crippen molar-refractivity contribution in [2.24, 2.45) is 0 Å². The van der Waals surface area contributed by atoms with Crippen molar-refractivity contribution in [3.63, 3.8) is 0 Å². The van der Waals surface area contributed by atoms with Gasteiger partial charge in [0.2, 0.25) is 0 Å². The van der Waals surface area contributed by atoms with E-state index in [0.29, 0.717) is 16.6 Å². The predicted octanol–water partition coefficient (Wildman–Crippen LogP) is 5.10. The van der Waals surface area contributed by atoms with Gasteiger partial charge in [0.05, 0.1) is 12.7 Å². The highest BCUT2D eigenvalue weighted by Crippen LogP contribution is 2.21. The second-order valence-corrected chi connectivity index (χ2v) is 6.44. The van der Waals surface area contributed by atoms with Crippen molar-refractivity contribution in [3.05, 3.63) is 59.2 Å². The molecular formula is C20H24N2O2S. The highest BCUT2D eigenvalue weighted by molar-refractivity contribution is 7.80. The maximum absolute atomic E-state index is 11.7. The minimum absolute atomic E-state index is 0.373. The van der Waals surface area contributed by atoms with Gasteiger partial charge in [-0.05, 0) is 66.9 Å². The molecule has 0 aliphatic heterocycles. The van der Waals surface area contributed by atoms with Crippen molar-refractivity contribution in [2.75, 3.05) is 17.7 Å². The smallest absolute Gasteiger partial charge is 0.337 e. The third kappa shape index (κ3) is 5.03. The summed E-state index contributed by atoms with van der Waals surface area (Å²) in [4.78, 5) is 11.7. The van der Waals surface area contributed by atoms with Crippen molar-refractivity contribution >= 4 is 34.7 Å². The van der Waals surface area contributed by atoms with Crippen LogP contribution in [0.1, 0.15) is 47.7 Å². The van der Waals surface area contributed by atoms with Gasteiger partial charge in [-0.25, -0.2) is 4.79 Å². The Labute approximate surface area is 154 Å². The molecule has 0 spiro atoms. The van der Waals surface area contributed by atoms with Crippen LogP contribution in [-0.4, -0.2) is 18.2 Å². The molecule has 5 heteroatoms. The van der Waals surface area contributed by atoms with Crippen LogP contribution in [0.2, 0.25) is 0 Å². The van der Waals surface area contributed by atoms with Crippen molar-refractivity contribution in [2.45, 2.75) is 33.1 Å². The van der Waals surface area contributed by atoms with Crippen LogP contribution in [0.3, 0.4) is 0 Å². The minimum Gasteiger partial charge on any atom is -0.465 e. The summed E-state index contributed by atoms with van der Waals surface area (Å²) in [5.41, 5.74) is 4.48. The van der Waals surface area contributed by atoms with Gasteiger partial charge in [-0.15, -0.1) is 0 Å². The summed E-state index contributed by atoms with van der Waals surface area (Å²) in [6.45, 7) is 6.35. The quantitative estimate of drug-likeness (QED) is 0.576. The van der Waals surface area contributed by atoms with E-state index in [9.17, 15) is 4.79 Å². The molecule has 0 saturated heterocycles. The lowest BCUT2D eigenvalue weighted by molar-refractivity contribution is 0.0601. The van der Waals surface area contributed by atoms with Gasteiger partial charge in [0.25, 0.3) is 0 Å². The molecule has 132 valence electrons. The molecule has 0 bridgehead atoms. The molecule has 0 heterocycles. The molecule has 25 heavy (non-hydrogen) atoms. The van der Waals surface area contributed by atoms with Crippen LogP contribution < -0.4 is 10.6 Å². The molecule has 2 aromatic carbocycles. The normalized spacial score (nSPS) is 11.5. The summed E-state index contributed by atoms with van der Waals surface area (Å²) < 4.78 is 4.76. The number of carbonyl (C=O) groups excluding carboxylic acids is 1. The lowest BCUT2D eigenvalue weighted by atomic mass is 9.99. The second kappa shape index (κ2) is 8.62. The average Bonchev–Trinajstić information content (AvgIpc) is 2.62. The Hall–Kier alpha value is -2.40. The number of anilines is 2. The fourth-order valence-corrected chi connectivity index (χ4v) is 2.64. The maximum atomic E-state index is 11.7. The van der Waals surface area contributed by atoms with Crippen molar-refractivity contribution < 1.29 is 9.53 Å². The third-order valence-corrected chi connectivity index (χ3v) is 4.46. The lowest BCUT2D eigenvalue weighted by Crippen LogP contribution is -2.20. The number of benzene rings is 2. The van der Waals surface area contributed by atoms with Gasteiger partial charge < -0.3 is 15.4 Å². The molecule has 0 amide bonds. The van der Waals surface area contributed by atoms with Crippen LogP contribution in [0, 0.1) is 6.92 Å². The number of nitrogens with one attached hydrogen (secondary N) is 2. The number of aryl methyl sites for hydroxylation is 1. The minimum atomic E-state index is -0.373. The summed E-state index contributed by atoms with van der Waals surface area (Å²) >= 11 is 5.38. The predicted molar refractivity (Wildman–Crippen MR) is 108 cm³/mol. The van der Waals surface area contributed by atoms with Gasteiger partial charge in [0, 0.05) is 11.4 Å². The molecule has 2 rings (SSSR count). The van der Waals surface area contributed by atoms with Crippen LogP contribution in [0.4, 0.5) is 11.4 Å². The monoisotopic (exact) mass is 356 g/mol. The topological polar surface area (TPSA) is 50.4 Å². The largest absolute Gasteiger partial charge is 0.465 e. The van der Waals surface area contributed by atoms with Crippen LogP contribution in [-0.2, 0) is 4.74 Å². The number of ether oxygens (including phenoxy) is 1. The molecule has 2 N–H and O–H groups in total. The van der Waals surface area contributed by atoms with Crippen molar-refractivity contribution in [1.82, 2.24) is 0 Å². The third-order valence-electron chi connectivity index (χ3n) is 4.26. The van der Waals surface area contributed by atoms with Crippen LogP contribution in [0.25, 0.3) is 0 Å². The number of carbonyl (C=O) groups is 1. The molecule has 1 atom stereocenters. The first kappa shape index (κ1) is 18.9. The van der Waals surface area contributed by atoms with Gasteiger partial charge >= 0.3 is 5.97 Å². The highest BCUT2D eigenvalue weighted by Gasteiger charge is 2.09. The zero-order valence-electron chi connectivity index (χ0n) is 15.1. The molecular weight excluding hydrogens is 332 g/mol. The van der Waals surface area contributed by atoms with Crippen molar-refractivity contribution in [3.8, 4) is 0 Å². The fourth-order valence-electron chi connectivity index (χ4n) is 2.42. The summed E-state index contributed by atoms with van der Waals surface area (Å²) in [6.07, 6.45) is 1.11. The van der Waals surface area contributed by atoms with Crippen LogP contribution >= 0.6 is 12.2 Å². The average molecular weight is 356 g/mol. The number of thiocarbonyl (C=S) groups is 1. The molecule has 0 radical (unpaired) electrons.